The number of nitrogens with two attached hydrogens (primary N) is 1. The van der Waals surface area contributed by atoms with Crippen molar-refractivity contribution in [2.75, 3.05) is 6.54 Å². The molecule has 1 aromatic carbocycles. The third-order valence-electron chi connectivity index (χ3n) is 2.17. The molecule has 0 aliphatic rings. The van der Waals surface area contributed by atoms with Gasteiger partial charge in [-0.3, -0.25) is 4.79 Å². The molecule has 94 valence electrons. The molecule has 1 atom stereocenters. The molecule has 1 rings (SSSR count). The summed E-state index contributed by atoms with van der Waals surface area (Å²) >= 11 is 3.17. The molecular weight excluding hydrogens is 304 g/mol. The molecule has 0 spiro atoms. The molecule has 3 nitrogen and oxygen atoms in total. The van der Waals surface area contributed by atoms with Crippen LogP contribution in [0.15, 0.2) is 35.3 Å². The lowest BCUT2D eigenvalue weighted by molar-refractivity contribution is -0.122. The van der Waals surface area contributed by atoms with Crippen molar-refractivity contribution in [1.82, 2.24) is 5.32 Å². The predicted molar refractivity (Wildman–Crippen MR) is 76.4 cm³/mol. The fourth-order valence-electron chi connectivity index (χ4n) is 1.22. The van der Waals surface area contributed by atoms with Gasteiger partial charge in [0.2, 0.25) is 5.91 Å². The zero-order valence-corrected chi connectivity index (χ0v) is 12.0. The number of carbonyl (C=O) groups excluding carboxylic acids is 1. The van der Waals surface area contributed by atoms with Gasteiger partial charge in [0.05, 0.1) is 0 Å². The van der Waals surface area contributed by atoms with Gasteiger partial charge in [0, 0.05) is 11.0 Å². The Balaban J connectivity index is 0.00000256. The highest BCUT2D eigenvalue weighted by Gasteiger charge is 2.14. The minimum Gasteiger partial charge on any atom is -0.350 e. The molecule has 0 heterocycles. The van der Waals surface area contributed by atoms with E-state index in [2.05, 4.69) is 27.8 Å². The van der Waals surface area contributed by atoms with Crippen LogP contribution >= 0.6 is 28.3 Å². The van der Waals surface area contributed by atoms with Crippen molar-refractivity contribution in [3.63, 3.8) is 0 Å². The second-order valence-corrected chi connectivity index (χ2v) is 4.74. The molecular formula is C12H16BrClN2O. The fraction of sp³-hybridized carbons (Fsp3) is 0.250. The quantitative estimate of drug-likeness (QED) is 0.895. The van der Waals surface area contributed by atoms with Crippen LogP contribution in [0.2, 0.25) is 0 Å². The SMILES string of the molecule is C=C(Br)CNC(=O)C(N)c1ccc(C)cc1.Cl. The number of rotatable bonds is 4. The number of benzene rings is 1. The topological polar surface area (TPSA) is 55.1 Å². The van der Waals surface area contributed by atoms with Crippen molar-refractivity contribution < 1.29 is 4.79 Å². The summed E-state index contributed by atoms with van der Waals surface area (Å²) in [4.78, 5) is 11.6. The van der Waals surface area contributed by atoms with Gasteiger partial charge in [0.15, 0.2) is 0 Å². The first-order chi connectivity index (χ1) is 7.50. The Hall–Kier alpha value is -0.840. The van der Waals surface area contributed by atoms with Crippen molar-refractivity contribution in [2.24, 2.45) is 5.73 Å². The Kier molecular flexibility index (Phi) is 7.11. The summed E-state index contributed by atoms with van der Waals surface area (Å²) in [6.07, 6.45) is 0. The number of hydrogen-bond acceptors (Lipinski definition) is 2. The van der Waals surface area contributed by atoms with Gasteiger partial charge in [-0.25, -0.2) is 0 Å². The van der Waals surface area contributed by atoms with Crippen LogP contribution in [-0.4, -0.2) is 12.5 Å². The Morgan fingerprint density at radius 1 is 1.47 bits per heavy atom. The minimum absolute atomic E-state index is 0. The molecule has 0 aliphatic carbocycles. The van der Waals surface area contributed by atoms with Crippen LogP contribution in [0, 0.1) is 6.92 Å². The Morgan fingerprint density at radius 2 is 2.00 bits per heavy atom. The van der Waals surface area contributed by atoms with Gasteiger partial charge < -0.3 is 11.1 Å². The first-order valence-electron chi connectivity index (χ1n) is 4.94. The lowest BCUT2D eigenvalue weighted by Gasteiger charge is -2.12. The second kappa shape index (κ2) is 7.48. The summed E-state index contributed by atoms with van der Waals surface area (Å²) in [7, 11) is 0. The molecule has 0 saturated carbocycles. The van der Waals surface area contributed by atoms with Gasteiger partial charge >= 0.3 is 0 Å². The summed E-state index contributed by atoms with van der Waals surface area (Å²) in [6.45, 7) is 6.01. The minimum atomic E-state index is -0.632. The van der Waals surface area contributed by atoms with Crippen molar-refractivity contribution in [1.29, 1.82) is 0 Å². The van der Waals surface area contributed by atoms with E-state index in [0.29, 0.717) is 6.54 Å². The first-order valence-corrected chi connectivity index (χ1v) is 5.73. The molecule has 1 aromatic rings. The van der Waals surface area contributed by atoms with Crippen LogP contribution in [0.1, 0.15) is 17.2 Å². The average molecular weight is 320 g/mol. The maximum absolute atomic E-state index is 11.6. The van der Waals surface area contributed by atoms with Crippen molar-refractivity contribution >= 4 is 34.2 Å². The molecule has 1 unspecified atom stereocenters. The largest absolute Gasteiger partial charge is 0.350 e. The Labute approximate surface area is 116 Å². The van der Waals surface area contributed by atoms with Gasteiger partial charge in [0.25, 0.3) is 0 Å². The van der Waals surface area contributed by atoms with E-state index in [1.165, 1.54) is 0 Å². The monoisotopic (exact) mass is 318 g/mol. The van der Waals surface area contributed by atoms with Crippen LogP contribution in [0.3, 0.4) is 0 Å². The molecule has 0 saturated heterocycles. The van der Waals surface area contributed by atoms with Crippen LogP contribution in [-0.2, 0) is 4.79 Å². The molecule has 0 radical (unpaired) electrons. The molecule has 0 fully saturated rings. The van der Waals surface area contributed by atoms with Gasteiger partial charge in [-0.2, -0.15) is 0 Å². The highest BCUT2D eigenvalue weighted by molar-refractivity contribution is 9.11. The molecule has 0 bridgehead atoms. The van der Waals surface area contributed by atoms with Gasteiger partial charge in [-0.1, -0.05) is 52.3 Å². The number of carbonyl (C=O) groups is 1. The lowest BCUT2D eigenvalue weighted by Crippen LogP contribution is -2.34. The summed E-state index contributed by atoms with van der Waals surface area (Å²) in [5.74, 6) is -0.204. The average Bonchev–Trinajstić information content (AvgIpc) is 2.26. The smallest absolute Gasteiger partial charge is 0.241 e. The van der Waals surface area contributed by atoms with E-state index >= 15 is 0 Å². The van der Waals surface area contributed by atoms with Crippen molar-refractivity contribution in [2.45, 2.75) is 13.0 Å². The standard InChI is InChI=1S/C12H15BrN2O.ClH/c1-8-3-5-10(6-4-8)11(14)12(16)15-7-9(2)13;/h3-6,11H,2,7,14H2,1H3,(H,15,16);1H. The lowest BCUT2D eigenvalue weighted by atomic mass is 10.1. The zero-order chi connectivity index (χ0) is 12.1. The number of halogens is 2. The number of amides is 1. The molecule has 0 aromatic heterocycles. The number of nitrogens with one attached hydrogen (secondary N) is 1. The summed E-state index contributed by atoms with van der Waals surface area (Å²) in [6, 6.07) is 6.97. The van der Waals surface area contributed by atoms with E-state index in [-0.39, 0.29) is 18.3 Å². The van der Waals surface area contributed by atoms with Gasteiger partial charge in [-0.05, 0) is 12.5 Å². The zero-order valence-electron chi connectivity index (χ0n) is 9.57. The normalized spacial score (nSPS) is 11.2. The van der Waals surface area contributed by atoms with Crippen LogP contribution < -0.4 is 11.1 Å². The highest BCUT2D eigenvalue weighted by Crippen LogP contribution is 2.11. The van der Waals surface area contributed by atoms with E-state index in [0.717, 1.165) is 15.6 Å². The van der Waals surface area contributed by atoms with Crippen molar-refractivity contribution in [3.05, 3.63) is 46.5 Å². The van der Waals surface area contributed by atoms with Crippen LogP contribution in [0.4, 0.5) is 0 Å². The van der Waals surface area contributed by atoms with E-state index in [1.807, 2.05) is 31.2 Å². The van der Waals surface area contributed by atoms with E-state index < -0.39 is 6.04 Å². The highest BCUT2D eigenvalue weighted by atomic mass is 79.9. The molecule has 1 amide bonds. The van der Waals surface area contributed by atoms with E-state index in [1.54, 1.807) is 0 Å². The molecule has 3 N–H and O–H groups in total. The maximum atomic E-state index is 11.6. The van der Waals surface area contributed by atoms with Crippen LogP contribution in [0.25, 0.3) is 0 Å². The first kappa shape index (κ1) is 16.2. The summed E-state index contributed by atoms with van der Waals surface area (Å²) in [5, 5.41) is 2.68. The number of hydrogen-bond donors (Lipinski definition) is 2. The second-order valence-electron chi connectivity index (χ2n) is 3.62. The molecule has 0 aliphatic heterocycles. The Morgan fingerprint density at radius 3 is 2.47 bits per heavy atom. The van der Waals surface area contributed by atoms with E-state index in [4.69, 9.17) is 5.73 Å². The molecule has 5 heteroatoms. The fourth-order valence-corrected chi connectivity index (χ4v) is 1.36. The van der Waals surface area contributed by atoms with Gasteiger partial charge in [-0.15, -0.1) is 12.4 Å². The molecule has 17 heavy (non-hydrogen) atoms. The predicted octanol–water partition coefficient (Wildman–Crippen LogP) is 2.44. The van der Waals surface area contributed by atoms with Crippen LogP contribution in [0.5, 0.6) is 0 Å². The number of aryl methyl sites for hydroxylation is 1. The maximum Gasteiger partial charge on any atom is 0.241 e. The summed E-state index contributed by atoms with van der Waals surface area (Å²) < 4.78 is 0.719. The third kappa shape index (κ3) is 5.35. The van der Waals surface area contributed by atoms with Crippen molar-refractivity contribution in [3.8, 4) is 0 Å². The van der Waals surface area contributed by atoms with Gasteiger partial charge in [0.1, 0.15) is 6.04 Å². The summed E-state index contributed by atoms with van der Waals surface area (Å²) in [5.41, 5.74) is 7.77. The Bertz CT molecular complexity index is 392. The van der Waals surface area contributed by atoms with E-state index in [9.17, 15) is 4.79 Å². The third-order valence-corrected chi connectivity index (χ3v) is 2.45.